The van der Waals surface area contributed by atoms with Gasteiger partial charge in [-0.1, -0.05) is 6.07 Å². The van der Waals surface area contributed by atoms with Crippen molar-refractivity contribution in [2.75, 3.05) is 11.1 Å². The summed E-state index contributed by atoms with van der Waals surface area (Å²) in [6.07, 6.45) is 0. The van der Waals surface area contributed by atoms with E-state index in [0.29, 0.717) is 12.2 Å². The van der Waals surface area contributed by atoms with E-state index in [4.69, 9.17) is 10.9 Å². The molecule has 0 aliphatic carbocycles. The summed E-state index contributed by atoms with van der Waals surface area (Å²) in [6, 6.07) is 6.65. The molecule has 0 aliphatic heterocycles. The lowest BCUT2D eigenvalue weighted by Gasteiger charge is -2.11. The molecule has 0 radical (unpaired) electrons. The summed E-state index contributed by atoms with van der Waals surface area (Å²) in [4.78, 5) is 1.03. The normalized spacial score (nSPS) is 11.5. The molecule has 19 heavy (non-hydrogen) atoms. The van der Waals surface area contributed by atoms with Gasteiger partial charge >= 0.3 is 0 Å². The highest BCUT2D eigenvalue weighted by Crippen LogP contribution is 2.28. The van der Waals surface area contributed by atoms with Gasteiger partial charge in [-0.15, -0.1) is 11.3 Å². The first kappa shape index (κ1) is 14.3. The minimum Gasteiger partial charge on any atom is -0.396 e. The van der Waals surface area contributed by atoms with Gasteiger partial charge in [0.2, 0.25) is 10.0 Å². The standard InChI is InChI=1S/C11H12BrN3O2S2/c12-7-4-5-18-9(7)6-15-8-2-1-3-10(11(8)13)19(14,16)17/h1-5,15H,6,13H2,(H2,14,16,17). The van der Waals surface area contributed by atoms with Gasteiger partial charge in [-0.25, -0.2) is 13.6 Å². The molecule has 0 fully saturated rings. The van der Waals surface area contributed by atoms with Crippen molar-refractivity contribution in [3.8, 4) is 0 Å². The zero-order valence-electron chi connectivity index (χ0n) is 9.76. The van der Waals surface area contributed by atoms with Crippen molar-refractivity contribution in [3.05, 3.63) is 39.0 Å². The minimum atomic E-state index is -3.81. The van der Waals surface area contributed by atoms with Crippen LogP contribution >= 0.6 is 27.3 Å². The number of hydrogen-bond donors (Lipinski definition) is 3. The molecule has 5 N–H and O–H groups in total. The molecule has 2 aromatic rings. The molecule has 0 saturated carbocycles. The van der Waals surface area contributed by atoms with E-state index in [2.05, 4.69) is 21.2 Å². The van der Waals surface area contributed by atoms with Crippen LogP contribution in [0.3, 0.4) is 0 Å². The Morgan fingerprint density at radius 3 is 2.63 bits per heavy atom. The number of sulfonamides is 1. The van der Waals surface area contributed by atoms with Crippen LogP contribution in [0.4, 0.5) is 11.4 Å². The van der Waals surface area contributed by atoms with Crippen LogP contribution in [0.5, 0.6) is 0 Å². The highest BCUT2D eigenvalue weighted by molar-refractivity contribution is 9.10. The maximum absolute atomic E-state index is 11.4. The lowest BCUT2D eigenvalue weighted by molar-refractivity contribution is 0.598. The first-order valence-electron chi connectivity index (χ1n) is 5.26. The average Bonchev–Trinajstić information content (AvgIpc) is 2.72. The molecule has 1 aromatic heterocycles. The Balaban J connectivity index is 2.25. The zero-order chi connectivity index (χ0) is 14.0. The molecular weight excluding hydrogens is 350 g/mol. The van der Waals surface area contributed by atoms with E-state index in [1.807, 2.05) is 11.4 Å². The Labute approximate surface area is 123 Å². The van der Waals surface area contributed by atoms with Crippen LogP contribution in [-0.4, -0.2) is 8.42 Å². The van der Waals surface area contributed by atoms with Crippen LogP contribution in [0.2, 0.25) is 0 Å². The van der Waals surface area contributed by atoms with Crippen LogP contribution in [0, 0.1) is 0 Å². The Morgan fingerprint density at radius 1 is 1.32 bits per heavy atom. The maximum Gasteiger partial charge on any atom is 0.240 e. The maximum atomic E-state index is 11.4. The third-order valence-corrected chi connectivity index (χ3v) is 5.40. The SMILES string of the molecule is Nc1c(NCc2sccc2Br)cccc1S(N)(=O)=O. The second-order valence-electron chi connectivity index (χ2n) is 3.81. The van der Waals surface area contributed by atoms with Gasteiger partial charge in [0, 0.05) is 9.35 Å². The number of hydrogen-bond acceptors (Lipinski definition) is 5. The van der Waals surface area contributed by atoms with Crippen LogP contribution in [0.25, 0.3) is 0 Å². The van der Waals surface area contributed by atoms with E-state index in [-0.39, 0.29) is 10.6 Å². The highest BCUT2D eigenvalue weighted by Gasteiger charge is 2.14. The predicted octanol–water partition coefficient (Wildman–Crippen LogP) is 2.35. The van der Waals surface area contributed by atoms with Gasteiger partial charge in [0.25, 0.3) is 0 Å². The molecule has 102 valence electrons. The van der Waals surface area contributed by atoms with E-state index >= 15 is 0 Å². The highest BCUT2D eigenvalue weighted by atomic mass is 79.9. The van der Waals surface area contributed by atoms with Crippen molar-refractivity contribution in [2.45, 2.75) is 11.4 Å². The van der Waals surface area contributed by atoms with Gasteiger partial charge in [0.15, 0.2) is 0 Å². The molecule has 2 rings (SSSR count). The topological polar surface area (TPSA) is 98.2 Å². The predicted molar refractivity (Wildman–Crippen MR) is 81.6 cm³/mol. The van der Waals surface area contributed by atoms with Gasteiger partial charge < -0.3 is 11.1 Å². The van der Waals surface area contributed by atoms with Crippen molar-refractivity contribution in [2.24, 2.45) is 5.14 Å². The fraction of sp³-hybridized carbons (Fsp3) is 0.0909. The molecule has 0 spiro atoms. The number of nitrogens with one attached hydrogen (secondary N) is 1. The fourth-order valence-corrected chi connectivity index (χ4v) is 3.69. The molecular formula is C11H12BrN3O2S2. The van der Waals surface area contributed by atoms with Crippen molar-refractivity contribution >= 4 is 48.7 Å². The van der Waals surface area contributed by atoms with Crippen molar-refractivity contribution in [1.82, 2.24) is 0 Å². The number of thiophene rings is 1. The lowest BCUT2D eigenvalue weighted by atomic mass is 10.2. The van der Waals surface area contributed by atoms with E-state index < -0.39 is 10.0 Å². The Bertz CT molecular complexity index is 698. The molecule has 1 heterocycles. The number of primary sulfonamides is 1. The molecule has 1 aromatic carbocycles. The van der Waals surface area contributed by atoms with E-state index in [1.54, 1.807) is 23.5 Å². The Morgan fingerprint density at radius 2 is 2.05 bits per heavy atom. The summed E-state index contributed by atoms with van der Waals surface area (Å²) in [6.45, 7) is 0.552. The van der Waals surface area contributed by atoms with Crippen molar-refractivity contribution in [3.63, 3.8) is 0 Å². The molecule has 0 bridgehead atoms. The monoisotopic (exact) mass is 361 g/mol. The first-order chi connectivity index (χ1) is 8.89. The quantitative estimate of drug-likeness (QED) is 0.727. The zero-order valence-corrected chi connectivity index (χ0v) is 13.0. The van der Waals surface area contributed by atoms with E-state index in [1.165, 1.54) is 6.07 Å². The molecule has 5 nitrogen and oxygen atoms in total. The Kier molecular flexibility index (Phi) is 4.14. The third kappa shape index (κ3) is 3.27. The second kappa shape index (κ2) is 5.49. The molecule has 8 heteroatoms. The van der Waals surface area contributed by atoms with Crippen LogP contribution < -0.4 is 16.2 Å². The van der Waals surface area contributed by atoms with Crippen molar-refractivity contribution < 1.29 is 8.42 Å². The van der Waals surface area contributed by atoms with Crippen LogP contribution in [0.15, 0.2) is 39.0 Å². The fourth-order valence-electron chi connectivity index (χ4n) is 1.57. The summed E-state index contributed by atoms with van der Waals surface area (Å²) in [5, 5.41) is 10.2. The number of anilines is 2. The molecule has 0 aliphatic rings. The summed E-state index contributed by atoms with van der Waals surface area (Å²) < 4.78 is 23.7. The number of benzene rings is 1. The largest absolute Gasteiger partial charge is 0.396 e. The summed E-state index contributed by atoms with van der Waals surface area (Å²) >= 11 is 5.02. The number of halogens is 1. The summed E-state index contributed by atoms with van der Waals surface area (Å²) in [5.41, 5.74) is 6.50. The number of nitrogens with two attached hydrogens (primary N) is 2. The minimum absolute atomic E-state index is 0.0669. The van der Waals surface area contributed by atoms with Crippen LogP contribution in [0.1, 0.15) is 4.88 Å². The average molecular weight is 362 g/mol. The van der Waals surface area contributed by atoms with Gasteiger partial charge in [-0.2, -0.15) is 0 Å². The number of nitrogen functional groups attached to an aromatic ring is 1. The molecule has 0 amide bonds. The molecule has 0 saturated heterocycles. The molecule has 0 atom stereocenters. The lowest BCUT2D eigenvalue weighted by Crippen LogP contribution is -2.15. The van der Waals surface area contributed by atoms with Gasteiger partial charge in [0.1, 0.15) is 4.90 Å². The van der Waals surface area contributed by atoms with E-state index in [0.717, 1.165) is 9.35 Å². The van der Waals surface area contributed by atoms with Gasteiger partial charge in [-0.3, -0.25) is 0 Å². The van der Waals surface area contributed by atoms with Crippen molar-refractivity contribution in [1.29, 1.82) is 0 Å². The first-order valence-corrected chi connectivity index (χ1v) is 8.48. The summed E-state index contributed by atoms with van der Waals surface area (Å²) in [7, 11) is -3.81. The van der Waals surface area contributed by atoms with Crippen LogP contribution in [-0.2, 0) is 16.6 Å². The molecule has 0 unspecified atom stereocenters. The third-order valence-electron chi connectivity index (χ3n) is 2.50. The van der Waals surface area contributed by atoms with Gasteiger partial charge in [0.05, 0.1) is 17.9 Å². The smallest absolute Gasteiger partial charge is 0.240 e. The summed E-state index contributed by atoms with van der Waals surface area (Å²) in [5.74, 6) is 0. The second-order valence-corrected chi connectivity index (χ2v) is 7.19. The number of rotatable bonds is 4. The number of para-hydroxylation sites is 1. The van der Waals surface area contributed by atoms with Gasteiger partial charge in [-0.05, 0) is 39.5 Å². The van der Waals surface area contributed by atoms with E-state index in [9.17, 15) is 8.42 Å². The Hall–Kier alpha value is -1.09.